The van der Waals surface area contributed by atoms with Gasteiger partial charge in [-0.25, -0.2) is 0 Å². The van der Waals surface area contributed by atoms with Crippen LogP contribution >= 0.6 is 0 Å². The number of alkyl halides is 3. The first kappa shape index (κ1) is 20.2. The Bertz CT molecular complexity index is 802. The van der Waals surface area contributed by atoms with E-state index in [-0.39, 0.29) is 5.75 Å². The number of halogens is 3. The van der Waals surface area contributed by atoms with Crippen molar-refractivity contribution in [3.63, 3.8) is 0 Å². The number of carbonyl (C=O) groups excluding carboxylic acids is 1. The molecule has 4 nitrogen and oxygen atoms in total. The number of nitrogens with zero attached hydrogens (tertiary/aromatic N) is 1. The number of carbonyl (C=O) groups is 1. The summed E-state index contributed by atoms with van der Waals surface area (Å²) in [6.45, 7) is 2.47. The van der Waals surface area contributed by atoms with Crippen molar-refractivity contribution in [2.45, 2.75) is 32.0 Å². The Kier molecular flexibility index (Phi) is 6.57. The standard InChI is InChI=1S/C21H23F3N2O2/c22-21(23,24)18-9-2-3-10-19(18)28-15-20(27)25-17-8-6-7-16(13-17)14-26-11-4-1-5-12-26/h2-3,6-10,13H,1,4-5,11-12,14-15H2,(H,25,27). The molecule has 0 aromatic heterocycles. The lowest BCUT2D eigenvalue weighted by Gasteiger charge is -2.26. The zero-order valence-corrected chi connectivity index (χ0v) is 15.5. The first-order valence-electron chi connectivity index (χ1n) is 9.32. The van der Waals surface area contributed by atoms with Gasteiger partial charge in [-0.2, -0.15) is 13.2 Å². The second-order valence-electron chi connectivity index (χ2n) is 6.87. The summed E-state index contributed by atoms with van der Waals surface area (Å²) in [5.74, 6) is -0.865. The summed E-state index contributed by atoms with van der Waals surface area (Å²) in [5.41, 5.74) is 0.793. The van der Waals surface area contributed by atoms with E-state index in [0.29, 0.717) is 5.69 Å². The molecule has 1 N–H and O–H groups in total. The molecule has 1 saturated heterocycles. The van der Waals surface area contributed by atoms with Gasteiger partial charge in [-0.15, -0.1) is 0 Å². The van der Waals surface area contributed by atoms with Crippen LogP contribution in [0.15, 0.2) is 48.5 Å². The molecule has 7 heteroatoms. The van der Waals surface area contributed by atoms with Gasteiger partial charge in [-0.3, -0.25) is 9.69 Å². The van der Waals surface area contributed by atoms with Crippen molar-refractivity contribution in [3.8, 4) is 5.75 Å². The Morgan fingerprint density at radius 2 is 1.79 bits per heavy atom. The topological polar surface area (TPSA) is 41.6 Å². The Labute approximate surface area is 162 Å². The minimum atomic E-state index is -4.53. The van der Waals surface area contributed by atoms with Crippen LogP contribution in [0, 0.1) is 0 Å². The normalized spacial score (nSPS) is 15.2. The van der Waals surface area contributed by atoms with Crippen LogP contribution in [0.5, 0.6) is 5.75 Å². The second kappa shape index (κ2) is 9.10. The van der Waals surface area contributed by atoms with Crippen molar-refractivity contribution in [1.29, 1.82) is 0 Å². The predicted molar refractivity (Wildman–Crippen MR) is 101 cm³/mol. The van der Waals surface area contributed by atoms with Gasteiger partial charge in [0.05, 0.1) is 5.56 Å². The molecule has 2 aromatic carbocycles. The molecule has 1 aliphatic rings. The van der Waals surface area contributed by atoms with Crippen LogP contribution in [0.1, 0.15) is 30.4 Å². The third-order valence-electron chi connectivity index (χ3n) is 4.62. The third kappa shape index (κ3) is 5.73. The van der Waals surface area contributed by atoms with Gasteiger partial charge in [0.1, 0.15) is 5.75 Å². The molecule has 0 saturated carbocycles. The fourth-order valence-corrected chi connectivity index (χ4v) is 3.29. The van der Waals surface area contributed by atoms with Crippen LogP contribution < -0.4 is 10.1 Å². The Morgan fingerprint density at radius 1 is 1.04 bits per heavy atom. The van der Waals surface area contributed by atoms with Gasteiger partial charge in [-0.1, -0.05) is 30.7 Å². The molecule has 1 aliphatic heterocycles. The van der Waals surface area contributed by atoms with E-state index in [1.165, 1.54) is 37.5 Å². The largest absolute Gasteiger partial charge is 0.483 e. The second-order valence-corrected chi connectivity index (χ2v) is 6.87. The van der Waals surface area contributed by atoms with Crippen LogP contribution in [0.25, 0.3) is 0 Å². The average molecular weight is 392 g/mol. The minimum absolute atomic E-state index is 0.357. The van der Waals surface area contributed by atoms with Gasteiger partial charge in [0, 0.05) is 12.2 Å². The number of benzene rings is 2. The molecular weight excluding hydrogens is 369 g/mol. The van der Waals surface area contributed by atoms with E-state index in [2.05, 4.69) is 10.2 Å². The molecule has 1 amide bonds. The summed E-state index contributed by atoms with van der Waals surface area (Å²) in [4.78, 5) is 14.5. The van der Waals surface area contributed by atoms with Crippen molar-refractivity contribution < 1.29 is 22.7 Å². The number of hydrogen-bond acceptors (Lipinski definition) is 3. The molecule has 0 atom stereocenters. The zero-order chi connectivity index (χ0) is 20.0. The summed E-state index contributed by atoms with van der Waals surface area (Å²) < 4.78 is 44.0. The molecule has 0 bridgehead atoms. The number of amides is 1. The third-order valence-corrected chi connectivity index (χ3v) is 4.62. The molecular formula is C21H23F3N2O2. The fraction of sp³-hybridized carbons (Fsp3) is 0.381. The van der Waals surface area contributed by atoms with Gasteiger partial charge in [0.25, 0.3) is 5.91 Å². The van der Waals surface area contributed by atoms with Gasteiger partial charge in [0.15, 0.2) is 6.61 Å². The Morgan fingerprint density at radius 3 is 2.54 bits per heavy atom. The smallest absolute Gasteiger partial charge is 0.419 e. The Balaban J connectivity index is 1.56. The van der Waals surface area contributed by atoms with E-state index in [4.69, 9.17) is 4.74 Å². The van der Waals surface area contributed by atoms with Crippen molar-refractivity contribution in [3.05, 3.63) is 59.7 Å². The number of anilines is 1. The molecule has 0 unspecified atom stereocenters. The van der Waals surface area contributed by atoms with Crippen molar-refractivity contribution in [1.82, 2.24) is 4.90 Å². The van der Waals surface area contributed by atoms with Crippen molar-refractivity contribution in [2.24, 2.45) is 0 Å². The maximum absolute atomic E-state index is 13.0. The van der Waals surface area contributed by atoms with Crippen molar-refractivity contribution in [2.75, 3.05) is 25.0 Å². The average Bonchev–Trinajstić information content (AvgIpc) is 2.67. The summed E-state index contributed by atoms with van der Waals surface area (Å²) >= 11 is 0. The van der Waals surface area contributed by atoms with Crippen LogP contribution in [0.3, 0.4) is 0 Å². The molecule has 150 valence electrons. The molecule has 1 heterocycles. The predicted octanol–water partition coefficient (Wildman–Crippen LogP) is 4.71. The first-order valence-corrected chi connectivity index (χ1v) is 9.32. The summed E-state index contributed by atoms with van der Waals surface area (Å²) in [5, 5.41) is 2.68. The molecule has 0 aliphatic carbocycles. The SMILES string of the molecule is O=C(COc1ccccc1C(F)(F)F)Nc1cccc(CN2CCCCC2)c1. The van der Waals surface area contributed by atoms with Gasteiger partial charge >= 0.3 is 6.18 Å². The van der Waals surface area contributed by atoms with Crippen LogP contribution in [0.4, 0.5) is 18.9 Å². The maximum atomic E-state index is 13.0. The Hall–Kier alpha value is -2.54. The van der Waals surface area contributed by atoms with E-state index >= 15 is 0 Å². The summed E-state index contributed by atoms with van der Waals surface area (Å²) in [6.07, 6.45) is -0.861. The van der Waals surface area contributed by atoms with Crippen molar-refractivity contribution >= 4 is 11.6 Å². The fourth-order valence-electron chi connectivity index (χ4n) is 3.29. The lowest BCUT2D eigenvalue weighted by atomic mass is 10.1. The number of piperidine rings is 1. The molecule has 1 fully saturated rings. The van der Waals surface area contributed by atoms with E-state index in [0.717, 1.165) is 31.3 Å². The summed E-state index contributed by atoms with van der Waals surface area (Å²) in [6, 6.07) is 12.3. The first-order chi connectivity index (χ1) is 13.4. The lowest BCUT2D eigenvalue weighted by Crippen LogP contribution is -2.29. The highest BCUT2D eigenvalue weighted by Crippen LogP contribution is 2.35. The summed E-state index contributed by atoms with van der Waals surface area (Å²) in [7, 11) is 0. The van der Waals surface area contributed by atoms with Crippen LogP contribution in [-0.2, 0) is 17.5 Å². The number of likely N-dealkylation sites (tertiary alicyclic amines) is 1. The van der Waals surface area contributed by atoms with E-state index in [9.17, 15) is 18.0 Å². The number of ether oxygens (including phenoxy) is 1. The molecule has 3 rings (SSSR count). The highest BCUT2D eigenvalue weighted by Gasteiger charge is 2.34. The van der Waals surface area contributed by atoms with Gasteiger partial charge in [-0.05, 0) is 55.8 Å². The molecule has 0 radical (unpaired) electrons. The zero-order valence-electron chi connectivity index (χ0n) is 15.5. The highest BCUT2D eigenvalue weighted by molar-refractivity contribution is 5.91. The van der Waals surface area contributed by atoms with E-state index in [1.807, 2.05) is 18.2 Å². The lowest BCUT2D eigenvalue weighted by molar-refractivity contribution is -0.139. The van der Waals surface area contributed by atoms with Crippen LogP contribution in [-0.4, -0.2) is 30.5 Å². The number of para-hydroxylation sites is 1. The molecule has 2 aromatic rings. The number of rotatable bonds is 6. The van der Waals surface area contributed by atoms with Gasteiger partial charge < -0.3 is 10.1 Å². The number of nitrogens with one attached hydrogen (secondary N) is 1. The van der Waals surface area contributed by atoms with Crippen LogP contribution in [0.2, 0.25) is 0 Å². The van der Waals surface area contributed by atoms with E-state index in [1.54, 1.807) is 6.07 Å². The minimum Gasteiger partial charge on any atom is -0.483 e. The molecule has 0 spiro atoms. The number of hydrogen-bond donors (Lipinski definition) is 1. The molecule has 28 heavy (non-hydrogen) atoms. The highest BCUT2D eigenvalue weighted by atomic mass is 19.4. The monoisotopic (exact) mass is 392 g/mol. The maximum Gasteiger partial charge on any atom is 0.419 e. The van der Waals surface area contributed by atoms with Gasteiger partial charge in [0.2, 0.25) is 0 Å². The van der Waals surface area contributed by atoms with E-state index < -0.39 is 24.3 Å². The quantitative estimate of drug-likeness (QED) is 0.774.